The zero-order chi connectivity index (χ0) is 11.5. The van der Waals surface area contributed by atoms with E-state index in [1.165, 1.54) is 6.07 Å². The lowest BCUT2D eigenvalue weighted by Gasteiger charge is -2.01. The number of carbonyl (C=O) groups excluding carboxylic acids is 1. The minimum Gasteiger partial charge on any atom is -0.482 e. The zero-order valence-electron chi connectivity index (χ0n) is 8.04. The summed E-state index contributed by atoms with van der Waals surface area (Å²) in [6.07, 6.45) is 0.587. The van der Waals surface area contributed by atoms with Gasteiger partial charge in [0, 0.05) is 6.07 Å². The maximum Gasteiger partial charge on any atom is 0.341 e. The van der Waals surface area contributed by atoms with Gasteiger partial charge in [-0.3, -0.25) is 4.79 Å². The van der Waals surface area contributed by atoms with E-state index in [1.54, 1.807) is 12.1 Å². The summed E-state index contributed by atoms with van der Waals surface area (Å²) in [5, 5.41) is 12.5. The highest BCUT2D eigenvalue weighted by Gasteiger charge is 2.08. The van der Waals surface area contributed by atoms with Crippen molar-refractivity contribution in [2.24, 2.45) is 0 Å². The van der Waals surface area contributed by atoms with Crippen molar-refractivity contribution in [3.05, 3.63) is 23.9 Å². The van der Waals surface area contributed by atoms with Gasteiger partial charge >= 0.3 is 5.97 Å². The second-order valence-electron chi connectivity index (χ2n) is 3.03. The molecule has 1 heterocycles. The summed E-state index contributed by atoms with van der Waals surface area (Å²) in [5.74, 6) is -0.713. The van der Waals surface area contributed by atoms with E-state index in [1.807, 2.05) is 0 Å². The van der Waals surface area contributed by atoms with Crippen LogP contribution >= 0.6 is 0 Å². The number of ether oxygens (including phenoxy) is 1. The number of aromatic nitrogens is 1. The molecule has 1 aromatic heterocycles. The molecule has 2 rings (SSSR count). The molecule has 0 aliphatic carbocycles. The van der Waals surface area contributed by atoms with Gasteiger partial charge in [0.25, 0.3) is 0 Å². The molecule has 82 valence electrons. The van der Waals surface area contributed by atoms with Crippen molar-refractivity contribution in [2.45, 2.75) is 0 Å². The summed E-state index contributed by atoms with van der Waals surface area (Å²) in [4.78, 5) is 20.8. The predicted octanol–water partition coefficient (Wildman–Crippen LogP) is 1.10. The molecule has 0 unspecified atom stereocenters. The van der Waals surface area contributed by atoms with Crippen LogP contribution in [0.3, 0.4) is 0 Å². The van der Waals surface area contributed by atoms with E-state index in [2.05, 4.69) is 5.16 Å². The van der Waals surface area contributed by atoms with Crippen LogP contribution in [-0.4, -0.2) is 29.1 Å². The predicted molar refractivity (Wildman–Crippen MR) is 52.5 cm³/mol. The highest BCUT2D eigenvalue weighted by molar-refractivity contribution is 5.94. The molecule has 0 aliphatic rings. The van der Waals surface area contributed by atoms with Crippen LogP contribution in [0.5, 0.6) is 5.75 Å². The fourth-order valence-corrected chi connectivity index (χ4v) is 1.26. The minimum atomic E-state index is -1.06. The summed E-state index contributed by atoms with van der Waals surface area (Å²) >= 11 is 0. The van der Waals surface area contributed by atoms with E-state index in [0.717, 1.165) is 0 Å². The number of hydrogen-bond acceptors (Lipinski definition) is 5. The fraction of sp³-hybridized carbons (Fsp3) is 0.100. The number of carbonyl (C=O) groups is 2. The molecule has 6 nitrogen and oxygen atoms in total. The molecule has 1 aromatic carbocycles. The summed E-state index contributed by atoms with van der Waals surface area (Å²) in [7, 11) is 0. The Balaban J connectivity index is 2.30. The molecule has 0 bridgehead atoms. The number of carboxylic acids is 1. The number of nitrogens with zero attached hydrogens (tertiary/aromatic N) is 1. The van der Waals surface area contributed by atoms with Crippen LogP contribution in [0.15, 0.2) is 22.7 Å². The topological polar surface area (TPSA) is 89.6 Å². The van der Waals surface area contributed by atoms with Gasteiger partial charge < -0.3 is 14.4 Å². The summed E-state index contributed by atoms with van der Waals surface area (Å²) < 4.78 is 9.82. The first kappa shape index (κ1) is 10.2. The van der Waals surface area contributed by atoms with Gasteiger partial charge in [-0.15, -0.1) is 0 Å². The van der Waals surface area contributed by atoms with Crippen molar-refractivity contribution in [1.29, 1.82) is 0 Å². The van der Waals surface area contributed by atoms with Crippen molar-refractivity contribution in [3.63, 3.8) is 0 Å². The molecule has 0 radical (unpaired) electrons. The van der Waals surface area contributed by atoms with E-state index in [9.17, 15) is 9.59 Å². The lowest BCUT2D eigenvalue weighted by atomic mass is 10.2. The summed E-state index contributed by atoms with van der Waals surface area (Å²) in [6.45, 7) is -0.430. The molecule has 0 aliphatic heterocycles. The van der Waals surface area contributed by atoms with E-state index < -0.39 is 12.6 Å². The van der Waals surface area contributed by atoms with Crippen molar-refractivity contribution >= 4 is 23.2 Å². The van der Waals surface area contributed by atoms with Crippen LogP contribution < -0.4 is 4.74 Å². The first-order valence-electron chi connectivity index (χ1n) is 4.40. The fourth-order valence-electron chi connectivity index (χ4n) is 1.26. The van der Waals surface area contributed by atoms with Gasteiger partial charge in [-0.05, 0) is 12.1 Å². The number of aliphatic carboxylic acids is 1. The van der Waals surface area contributed by atoms with E-state index in [0.29, 0.717) is 23.0 Å². The van der Waals surface area contributed by atoms with Crippen molar-refractivity contribution in [2.75, 3.05) is 6.61 Å². The Morgan fingerprint density at radius 1 is 1.56 bits per heavy atom. The van der Waals surface area contributed by atoms with E-state index >= 15 is 0 Å². The standard InChI is InChI=1S/C10H7NO5/c12-4-8-7-2-1-6(15-5-10(13)14)3-9(7)16-11-8/h1-4H,5H2,(H,13,14). The molecule has 6 heteroatoms. The Labute approximate surface area is 89.4 Å². The molecule has 0 spiro atoms. The van der Waals surface area contributed by atoms with Crippen LogP contribution in [0.25, 0.3) is 11.0 Å². The van der Waals surface area contributed by atoms with Crippen molar-refractivity contribution in [3.8, 4) is 5.75 Å². The van der Waals surface area contributed by atoms with Crippen LogP contribution in [0, 0.1) is 0 Å². The molecule has 0 fully saturated rings. The average Bonchev–Trinajstić information content (AvgIpc) is 2.68. The third-order valence-electron chi connectivity index (χ3n) is 1.95. The Bertz CT molecular complexity index is 545. The largest absolute Gasteiger partial charge is 0.482 e. The lowest BCUT2D eigenvalue weighted by Crippen LogP contribution is -2.09. The molecule has 0 saturated carbocycles. The van der Waals surface area contributed by atoms with E-state index in [-0.39, 0.29) is 5.69 Å². The molecule has 1 N–H and O–H groups in total. The molecule has 16 heavy (non-hydrogen) atoms. The summed E-state index contributed by atoms with van der Waals surface area (Å²) in [5.41, 5.74) is 0.588. The SMILES string of the molecule is O=Cc1noc2cc(OCC(=O)O)ccc12. The smallest absolute Gasteiger partial charge is 0.341 e. The highest BCUT2D eigenvalue weighted by atomic mass is 16.5. The molecular formula is C10H7NO5. The van der Waals surface area contributed by atoms with Gasteiger partial charge in [-0.2, -0.15) is 0 Å². The Kier molecular flexibility index (Phi) is 2.55. The number of hydrogen-bond donors (Lipinski definition) is 1. The Morgan fingerprint density at radius 2 is 2.38 bits per heavy atom. The van der Waals surface area contributed by atoms with Gasteiger partial charge in [-0.25, -0.2) is 4.79 Å². The minimum absolute atomic E-state index is 0.208. The third-order valence-corrected chi connectivity index (χ3v) is 1.95. The Hall–Kier alpha value is -2.37. The second kappa shape index (κ2) is 4.01. The number of carboxylic acid groups (broad SMARTS) is 1. The quantitative estimate of drug-likeness (QED) is 0.777. The molecule has 2 aromatic rings. The van der Waals surface area contributed by atoms with Gasteiger partial charge in [0.2, 0.25) is 0 Å². The lowest BCUT2D eigenvalue weighted by molar-refractivity contribution is -0.139. The van der Waals surface area contributed by atoms with Gasteiger partial charge in [-0.1, -0.05) is 5.16 Å². The monoisotopic (exact) mass is 221 g/mol. The highest BCUT2D eigenvalue weighted by Crippen LogP contribution is 2.22. The van der Waals surface area contributed by atoms with Crippen LogP contribution in [0.1, 0.15) is 10.5 Å². The number of aldehydes is 1. The molecule has 0 atom stereocenters. The number of rotatable bonds is 4. The molecular weight excluding hydrogens is 214 g/mol. The molecule has 0 amide bonds. The molecule has 0 saturated heterocycles. The maximum absolute atomic E-state index is 10.6. The third kappa shape index (κ3) is 1.85. The normalized spacial score (nSPS) is 10.2. The second-order valence-corrected chi connectivity index (χ2v) is 3.03. The zero-order valence-corrected chi connectivity index (χ0v) is 8.04. The first-order valence-corrected chi connectivity index (χ1v) is 4.40. The Morgan fingerprint density at radius 3 is 3.06 bits per heavy atom. The first-order chi connectivity index (χ1) is 7.70. The maximum atomic E-state index is 10.6. The van der Waals surface area contributed by atoms with E-state index in [4.69, 9.17) is 14.4 Å². The van der Waals surface area contributed by atoms with Gasteiger partial charge in [0.15, 0.2) is 24.2 Å². The van der Waals surface area contributed by atoms with Gasteiger partial charge in [0.05, 0.1) is 5.39 Å². The van der Waals surface area contributed by atoms with Crippen LogP contribution in [-0.2, 0) is 4.79 Å². The van der Waals surface area contributed by atoms with Gasteiger partial charge in [0.1, 0.15) is 5.75 Å². The number of fused-ring (bicyclic) bond motifs is 1. The summed E-state index contributed by atoms with van der Waals surface area (Å²) in [6, 6.07) is 4.63. The van der Waals surface area contributed by atoms with Crippen molar-refractivity contribution in [1.82, 2.24) is 5.16 Å². The van der Waals surface area contributed by atoms with Crippen LogP contribution in [0.2, 0.25) is 0 Å². The van der Waals surface area contributed by atoms with Crippen molar-refractivity contribution < 1.29 is 24.0 Å². The average molecular weight is 221 g/mol. The van der Waals surface area contributed by atoms with Crippen LogP contribution in [0.4, 0.5) is 0 Å². The number of benzene rings is 1.